The number of anilines is 2. The molecule has 0 aliphatic carbocycles. The van der Waals surface area contributed by atoms with Gasteiger partial charge in [0, 0.05) is 22.8 Å². The first kappa shape index (κ1) is 24.2. The topological polar surface area (TPSA) is 56.1 Å². The molecule has 0 radical (unpaired) electrons. The Morgan fingerprint density at radius 3 is 2.66 bits per heavy atom. The van der Waals surface area contributed by atoms with Crippen molar-refractivity contribution in [3.63, 3.8) is 0 Å². The number of amides is 1. The molecule has 0 saturated heterocycles. The molecule has 1 unspecified atom stereocenters. The summed E-state index contributed by atoms with van der Waals surface area (Å²) in [6.07, 6.45) is 3.78. The smallest absolute Gasteiger partial charge is 0.266 e. The Kier molecular flexibility index (Phi) is 7.22. The molecular weight excluding hydrogens is 441 g/mol. The zero-order chi connectivity index (χ0) is 23.6. The molecule has 32 heavy (non-hydrogen) atoms. The molecule has 1 N–H and O–H groups in total. The van der Waals surface area contributed by atoms with Gasteiger partial charge in [0.15, 0.2) is 0 Å². The van der Waals surface area contributed by atoms with Crippen molar-refractivity contribution in [2.24, 2.45) is 0 Å². The Morgan fingerprint density at radius 1 is 1.31 bits per heavy atom. The maximum Gasteiger partial charge on any atom is 0.266 e. The maximum atomic E-state index is 12.8. The molecule has 6 heteroatoms. The van der Waals surface area contributed by atoms with Crippen LogP contribution in [-0.2, 0) is 4.79 Å². The van der Waals surface area contributed by atoms with Gasteiger partial charge in [-0.15, -0.1) is 0 Å². The van der Waals surface area contributed by atoms with Gasteiger partial charge in [-0.25, -0.2) is 0 Å². The number of nitrogens with one attached hydrogen (secondary N) is 1. The van der Waals surface area contributed by atoms with Crippen LogP contribution in [0.5, 0.6) is 0 Å². The number of rotatable bonds is 5. The predicted octanol–water partition coefficient (Wildman–Crippen LogP) is 7.35. The molecule has 1 aliphatic rings. The van der Waals surface area contributed by atoms with E-state index in [2.05, 4.69) is 50.0 Å². The molecule has 2 aromatic rings. The Morgan fingerprint density at radius 2 is 2.03 bits per heavy atom. The first-order valence-electron chi connectivity index (χ1n) is 10.9. The Bertz CT molecular complexity index is 1110. The number of hydrogen-bond acceptors (Lipinski definition) is 3. The summed E-state index contributed by atoms with van der Waals surface area (Å²) in [7, 11) is 0. The molecule has 1 amide bonds. The molecule has 0 fully saturated rings. The second-order valence-corrected chi connectivity index (χ2v) is 9.93. The normalized spacial score (nSPS) is 17.5. The summed E-state index contributed by atoms with van der Waals surface area (Å²) in [5.41, 5.74) is 4.93. The van der Waals surface area contributed by atoms with E-state index in [1.54, 1.807) is 24.3 Å². The van der Waals surface area contributed by atoms with Crippen LogP contribution in [0.25, 0.3) is 6.08 Å². The monoisotopic (exact) mass is 469 g/mol. The lowest BCUT2D eigenvalue weighted by Crippen LogP contribution is -2.48. The Hall–Kier alpha value is -2.48. The molecule has 168 valence electrons. The Balaban J connectivity index is 1.97. The first-order valence-corrected chi connectivity index (χ1v) is 11.6. The zero-order valence-corrected chi connectivity index (χ0v) is 20.7. The summed E-state index contributed by atoms with van der Waals surface area (Å²) in [6, 6.07) is 11.2. The Labute approximate surface area is 200 Å². The number of fused-ring (bicyclic) bond motifs is 1. The minimum Gasteiger partial charge on any atom is -0.366 e. The van der Waals surface area contributed by atoms with Crippen molar-refractivity contribution in [3.05, 3.63) is 62.6 Å². The van der Waals surface area contributed by atoms with E-state index < -0.39 is 5.91 Å². The van der Waals surface area contributed by atoms with Crippen LogP contribution in [0.3, 0.4) is 0 Å². The van der Waals surface area contributed by atoms with Gasteiger partial charge in [0.2, 0.25) is 0 Å². The number of nitriles is 1. The van der Waals surface area contributed by atoms with Gasteiger partial charge in [0.1, 0.15) is 11.6 Å². The van der Waals surface area contributed by atoms with Crippen molar-refractivity contribution < 1.29 is 4.79 Å². The van der Waals surface area contributed by atoms with Crippen LogP contribution in [0, 0.1) is 18.3 Å². The van der Waals surface area contributed by atoms with Gasteiger partial charge in [-0.3, -0.25) is 4.79 Å². The van der Waals surface area contributed by atoms with Crippen LogP contribution >= 0.6 is 23.2 Å². The van der Waals surface area contributed by atoms with E-state index >= 15 is 0 Å². The minimum atomic E-state index is -0.504. The standard InChI is InChI=1S/C26H29Cl2N3O/c1-6-9-31-24-10-16(2)18(12-21(24)17(3)14-26(31,4)5)11-19(15-29)25(32)30-23-8-7-20(27)13-22(23)28/h7-8,10-13,17H,6,9,14H2,1-5H3,(H,30,32)/b19-11+. The summed E-state index contributed by atoms with van der Waals surface area (Å²) in [5, 5.41) is 13.2. The van der Waals surface area contributed by atoms with Gasteiger partial charge in [-0.2, -0.15) is 5.26 Å². The van der Waals surface area contributed by atoms with E-state index in [0.29, 0.717) is 21.7 Å². The van der Waals surface area contributed by atoms with Crippen molar-refractivity contribution >= 4 is 46.6 Å². The quantitative estimate of drug-likeness (QED) is 0.367. The van der Waals surface area contributed by atoms with Gasteiger partial charge in [-0.05, 0) is 92.6 Å². The van der Waals surface area contributed by atoms with Crippen LogP contribution in [0.2, 0.25) is 10.0 Å². The number of aryl methyl sites for hydroxylation is 1. The van der Waals surface area contributed by atoms with Crippen molar-refractivity contribution in [2.45, 2.75) is 58.9 Å². The van der Waals surface area contributed by atoms with Gasteiger partial charge in [0.25, 0.3) is 5.91 Å². The van der Waals surface area contributed by atoms with Gasteiger partial charge < -0.3 is 10.2 Å². The summed E-state index contributed by atoms with van der Waals surface area (Å²) in [5.74, 6) is -0.122. The van der Waals surface area contributed by atoms with Gasteiger partial charge in [0.05, 0.1) is 10.7 Å². The molecule has 0 saturated carbocycles. The maximum absolute atomic E-state index is 12.8. The summed E-state index contributed by atoms with van der Waals surface area (Å²) in [6.45, 7) is 12.0. The van der Waals surface area contributed by atoms with Gasteiger partial charge in [-0.1, -0.05) is 37.0 Å². The van der Waals surface area contributed by atoms with Crippen LogP contribution in [0.1, 0.15) is 63.1 Å². The van der Waals surface area contributed by atoms with Gasteiger partial charge >= 0.3 is 0 Å². The van der Waals surface area contributed by atoms with E-state index in [1.165, 1.54) is 11.3 Å². The van der Waals surface area contributed by atoms with E-state index in [-0.39, 0.29) is 11.1 Å². The third-order valence-corrected chi connectivity index (χ3v) is 6.61. The number of benzene rings is 2. The predicted molar refractivity (Wildman–Crippen MR) is 135 cm³/mol. The summed E-state index contributed by atoms with van der Waals surface area (Å²) >= 11 is 12.1. The lowest BCUT2D eigenvalue weighted by Gasteiger charge is -2.48. The number of halogens is 2. The third kappa shape index (κ3) is 4.95. The first-order chi connectivity index (χ1) is 15.1. The SMILES string of the molecule is CCCN1c2cc(C)c(/C=C(\C#N)C(=O)Nc3ccc(Cl)cc3Cl)cc2C(C)CC1(C)C. The number of carbonyl (C=O) groups is 1. The number of nitrogens with zero attached hydrogens (tertiary/aromatic N) is 2. The highest BCUT2D eigenvalue weighted by molar-refractivity contribution is 6.36. The van der Waals surface area contributed by atoms with Crippen molar-refractivity contribution in [2.75, 3.05) is 16.8 Å². The average Bonchev–Trinajstić information content (AvgIpc) is 2.71. The second-order valence-electron chi connectivity index (χ2n) is 9.08. The fraction of sp³-hybridized carbons (Fsp3) is 0.385. The molecule has 0 spiro atoms. The molecule has 2 aromatic carbocycles. The highest BCUT2D eigenvalue weighted by Gasteiger charge is 2.36. The van der Waals surface area contributed by atoms with Crippen LogP contribution < -0.4 is 10.2 Å². The highest BCUT2D eigenvalue weighted by atomic mass is 35.5. The van der Waals surface area contributed by atoms with E-state index in [1.807, 2.05) is 13.0 Å². The molecule has 0 bridgehead atoms. The summed E-state index contributed by atoms with van der Waals surface area (Å²) < 4.78 is 0. The number of carbonyl (C=O) groups excluding carboxylic acids is 1. The molecule has 4 nitrogen and oxygen atoms in total. The molecule has 1 atom stereocenters. The summed E-state index contributed by atoms with van der Waals surface area (Å²) in [4.78, 5) is 15.3. The van der Waals surface area contributed by atoms with Crippen molar-refractivity contribution in [3.8, 4) is 6.07 Å². The second kappa shape index (κ2) is 9.57. The largest absolute Gasteiger partial charge is 0.366 e. The van der Waals surface area contributed by atoms with Crippen molar-refractivity contribution in [1.29, 1.82) is 5.26 Å². The molecule has 1 aliphatic heterocycles. The average molecular weight is 470 g/mol. The third-order valence-electron chi connectivity index (χ3n) is 6.06. The minimum absolute atomic E-state index is 0.0215. The van der Waals surface area contributed by atoms with Crippen LogP contribution in [-0.4, -0.2) is 18.0 Å². The molecular formula is C26H29Cl2N3O. The van der Waals surface area contributed by atoms with E-state index in [9.17, 15) is 10.1 Å². The number of hydrogen-bond donors (Lipinski definition) is 1. The fourth-order valence-corrected chi connectivity index (χ4v) is 4.99. The molecule has 1 heterocycles. The molecule has 0 aromatic heterocycles. The van der Waals surface area contributed by atoms with E-state index in [4.69, 9.17) is 23.2 Å². The lowest BCUT2D eigenvalue weighted by molar-refractivity contribution is -0.112. The lowest BCUT2D eigenvalue weighted by atomic mass is 9.78. The van der Waals surface area contributed by atoms with Crippen LogP contribution in [0.15, 0.2) is 35.9 Å². The van der Waals surface area contributed by atoms with Crippen LogP contribution in [0.4, 0.5) is 11.4 Å². The van der Waals surface area contributed by atoms with E-state index in [0.717, 1.165) is 30.5 Å². The fourth-order valence-electron chi connectivity index (χ4n) is 4.54. The van der Waals surface area contributed by atoms with Crippen molar-refractivity contribution in [1.82, 2.24) is 0 Å². The zero-order valence-electron chi connectivity index (χ0n) is 19.2. The highest BCUT2D eigenvalue weighted by Crippen LogP contribution is 2.44. The molecule has 3 rings (SSSR count).